The van der Waals surface area contributed by atoms with E-state index in [0.29, 0.717) is 0 Å². The smallest absolute Gasteiger partial charge is 0.304 e. The molecule has 4 nitrogen and oxygen atoms in total. The Bertz CT molecular complexity index is 472. The van der Waals surface area contributed by atoms with E-state index in [1.54, 1.807) is 0 Å². The third kappa shape index (κ3) is 4.90. The van der Waals surface area contributed by atoms with Gasteiger partial charge in [0.1, 0.15) is 5.75 Å². The highest BCUT2D eigenvalue weighted by atomic mass is 16.7. The van der Waals surface area contributed by atoms with Crippen LogP contribution in [0.3, 0.4) is 0 Å². The number of benzene rings is 1. The van der Waals surface area contributed by atoms with Crippen molar-refractivity contribution in [3.63, 3.8) is 0 Å². The van der Waals surface area contributed by atoms with Gasteiger partial charge in [-0.3, -0.25) is 4.79 Å². The lowest BCUT2D eigenvalue weighted by Crippen LogP contribution is -2.24. The van der Waals surface area contributed by atoms with Crippen molar-refractivity contribution in [2.24, 2.45) is 0 Å². The summed E-state index contributed by atoms with van der Waals surface area (Å²) in [7, 11) is 0. The summed E-state index contributed by atoms with van der Waals surface area (Å²) in [6.45, 7) is 2.65. The Balaban J connectivity index is 2.00. The first-order chi connectivity index (χ1) is 10.2. The van der Waals surface area contributed by atoms with Crippen LogP contribution in [-0.4, -0.2) is 24.0 Å². The van der Waals surface area contributed by atoms with E-state index in [4.69, 9.17) is 14.6 Å². The number of hydrogen-bond donors (Lipinski definition) is 1. The van der Waals surface area contributed by atoms with Crippen LogP contribution in [0.25, 0.3) is 0 Å². The average Bonchev–Trinajstić information content (AvgIpc) is 2.48. The molecule has 0 spiro atoms. The Morgan fingerprint density at radius 2 is 2.19 bits per heavy atom. The van der Waals surface area contributed by atoms with Gasteiger partial charge in [-0.1, -0.05) is 24.3 Å². The summed E-state index contributed by atoms with van der Waals surface area (Å²) in [5.41, 5.74) is 0.979. The molecule has 2 atom stereocenters. The molecule has 1 aliphatic rings. The van der Waals surface area contributed by atoms with Crippen molar-refractivity contribution >= 4 is 5.97 Å². The van der Waals surface area contributed by atoms with Gasteiger partial charge in [-0.2, -0.15) is 0 Å². The molecule has 1 aromatic rings. The molecule has 1 unspecified atom stereocenters. The normalized spacial score (nSPS) is 20.3. The molecule has 1 saturated heterocycles. The quantitative estimate of drug-likeness (QED) is 0.811. The molecule has 114 valence electrons. The van der Waals surface area contributed by atoms with Crippen molar-refractivity contribution in [2.45, 2.75) is 44.8 Å². The first kappa shape index (κ1) is 15.6. The number of carboxylic acids is 1. The summed E-state index contributed by atoms with van der Waals surface area (Å²) in [6, 6.07) is 7.61. The highest BCUT2D eigenvalue weighted by molar-refractivity contribution is 5.68. The zero-order valence-electron chi connectivity index (χ0n) is 12.3. The molecule has 21 heavy (non-hydrogen) atoms. The van der Waals surface area contributed by atoms with Gasteiger partial charge in [0, 0.05) is 12.3 Å². The Kier molecular flexibility index (Phi) is 5.81. The summed E-state index contributed by atoms with van der Waals surface area (Å²) < 4.78 is 11.3. The number of carboxylic acid groups (broad SMARTS) is 1. The van der Waals surface area contributed by atoms with E-state index in [1.807, 2.05) is 43.3 Å². The van der Waals surface area contributed by atoms with Crippen molar-refractivity contribution in [1.29, 1.82) is 0 Å². The van der Waals surface area contributed by atoms with Crippen molar-refractivity contribution in [1.82, 2.24) is 0 Å². The van der Waals surface area contributed by atoms with Gasteiger partial charge in [0.25, 0.3) is 0 Å². The molecule has 1 fully saturated rings. The molecular weight excluding hydrogens is 268 g/mol. The average molecular weight is 290 g/mol. The molecule has 1 N–H and O–H groups in total. The monoisotopic (exact) mass is 290 g/mol. The van der Waals surface area contributed by atoms with E-state index >= 15 is 0 Å². The van der Waals surface area contributed by atoms with Crippen molar-refractivity contribution in [2.75, 3.05) is 6.61 Å². The summed E-state index contributed by atoms with van der Waals surface area (Å²) in [5.74, 6) is -0.137. The third-order valence-electron chi connectivity index (χ3n) is 3.53. The van der Waals surface area contributed by atoms with E-state index in [9.17, 15) is 4.79 Å². The second kappa shape index (κ2) is 7.84. The van der Waals surface area contributed by atoms with Crippen LogP contribution in [0.2, 0.25) is 0 Å². The van der Waals surface area contributed by atoms with Crippen LogP contribution >= 0.6 is 0 Å². The minimum absolute atomic E-state index is 0.0935. The van der Waals surface area contributed by atoms with Gasteiger partial charge in [0.15, 0.2) is 6.29 Å². The van der Waals surface area contributed by atoms with Crippen LogP contribution < -0.4 is 4.74 Å². The van der Waals surface area contributed by atoms with Gasteiger partial charge in [-0.25, -0.2) is 0 Å². The fourth-order valence-electron chi connectivity index (χ4n) is 2.47. The van der Waals surface area contributed by atoms with Crippen LogP contribution in [-0.2, 0) is 9.53 Å². The van der Waals surface area contributed by atoms with Gasteiger partial charge < -0.3 is 14.6 Å². The first-order valence-corrected chi connectivity index (χ1v) is 7.42. The van der Waals surface area contributed by atoms with Crippen molar-refractivity contribution in [3.05, 3.63) is 42.0 Å². The number of rotatable bonds is 6. The van der Waals surface area contributed by atoms with E-state index in [1.165, 1.54) is 0 Å². The molecule has 1 aliphatic heterocycles. The molecule has 0 saturated carbocycles. The number of allylic oxidation sites excluding steroid dienone is 2. The fourth-order valence-corrected chi connectivity index (χ4v) is 2.47. The van der Waals surface area contributed by atoms with Crippen LogP contribution in [0, 0.1) is 0 Å². The Morgan fingerprint density at radius 1 is 1.43 bits per heavy atom. The topological polar surface area (TPSA) is 55.8 Å². The zero-order chi connectivity index (χ0) is 15.1. The highest BCUT2D eigenvalue weighted by Gasteiger charge is 2.16. The lowest BCUT2D eigenvalue weighted by atomic mass is 9.95. The van der Waals surface area contributed by atoms with E-state index in [0.717, 1.165) is 37.2 Å². The molecule has 0 aromatic heterocycles. The van der Waals surface area contributed by atoms with E-state index in [-0.39, 0.29) is 18.6 Å². The molecule has 0 bridgehead atoms. The second-order valence-electron chi connectivity index (χ2n) is 5.21. The molecule has 1 aromatic carbocycles. The van der Waals surface area contributed by atoms with Crippen LogP contribution in [0.4, 0.5) is 0 Å². The number of hydrogen-bond acceptors (Lipinski definition) is 3. The lowest BCUT2D eigenvalue weighted by molar-refractivity contribution is -0.137. The largest absolute Gasteiger partial charge is 0.481 e. The van der Waals surface area contributed by atoms with Crippen molar-refractivity contribution in [3.8, 4) is 5.75 Å². The summed E-state index contributed by atoms with van der Waals surface area (Å²) in [4.78, 5) is 10.9. The maximum Gasteiger partial charge on any atom is 0.304 e. The number of carbonyl (C=O) groups is 1. The van der Waals surface area contributed by atoms with Gasteiger partial charge in [0.2, 0.25) is 0 Å². The van der Waals surface area contributed by atoms with Crippen LogP contribution in [0.15, 0.2) is 36.4 Å². The predicted octanol–water partition coefficient (Wildman–Crippen LogP) is 3.73. The van der Waals surface area contributed by atoms with Gasteiger partial charge >= 0.3 is 5.97 Å². The van der Waals surface area contributed by atoms with Gasteiger partial charge in [-0.15, -0.1) is 0 Å². The lowest BCUT2D eigenvalue weighted by Gasteiger charge is -2.23. The molecule has 0 aliphatic carbocycles. The van der Waals surface area contributed by atoms with Gasteiger partial charge in [0.05, 0.1) is 13.0 Å². The fraction of sp³-hybridized carbons (Fsp3) is 0.471. The minimum Gasteiger partial charge on any atom is -0.481 e. The molecule has 4 heteroatoms. The summed E-state index contributed by atoms with van der Waals surface area (Å²) in [5, 5.41) is 8.97. The molecular formula is C17H22O4. The minimum atomic E-state index is -0.797. The maximum absolute atomic E-state index is 10.9. The summed E-state index contributed by atoms with van der Waals surface area (Å²) in [6.07, 6.45) is 6.87. The number of aliphatic carboxylic acids is 1. The van der Waals surface area contributed by atoms with Gasteiger partial charge in [-0.05, 0) is 37.5 Å². The second-order valence-corrected chi connectivity index (χ2v) is 5.21. The third-order valence-corrected chi connectivity index (χ3v) is 3.53. The zero-order valence-corrected chi connectivity index (χ0v) is 12.3. The summed E-state index contributed by atoms with van der Waals surface area (Å²) >= 11 is 0. The maximum atomic E-state index is 10.9. The van der Waals surface area contributed by atoms with E-state index in [2.05, 4.69) is 0 Å². The Hall–Kier alpha value is -1.81. The van der Waals surface area contributed by atoms with Crippen LogP contribution in [0.1, 0.15) is 44.1 Å². The SMILES string of the molecule is C/C=C/[C@H](CC(=O)O)c1ccc(OC2CCCCO2)cc1. The predicted molar refractivity (Wildman–Crippen MR) is 80.5 cm³/mol. The number of ether oxygens (including phenoxy) is 2. The Morgan fingerprint density at radius 3 is 2.76 bits per heavy atom. The van der Waals surface area contributed by atoms with Crippen molar-refractivity contribution < 1.29 is 19.4 Å². The standard InChI is InChI=1S/C17H22O4/c1-2-5-14(12-16(18)19)13-7-9-15(10-8-13)21-17-6-3-4-11-20-17/h2,5,7-10,14,17H,3-4,6,11-12H2,1H3,(H,18,19)/b5-2+/t14-,17?/m1/s1. The highest BCUT2D eigenvalue weighted by Crippen LogP contribution is 2.25. The molecule has 1 heterocycles. The Labute approximate surface area is 125 Å². The molecule has 2 rings (SSSR count). The van der Waals surface area contributed by atoms with E-state index < -0.39 is 5.97 Å². The molecule has 0 radical (unpaired) electrons. The van der Waals surface area contributed by atoms with Crippen LogP contribution in [0.5, 0.6) is 5.75 Å². The molecule has 0 amide bonds. The first-order valence-electron chi connectivity index (χ1n) is 7.42.